The lowest BCUT2D eigenvalue weighted by Crippen LogP contribution is -2.43. The maximum absolute atomic E-state index is 13.0. The SMILES string of the molecule is Cc1noc(C)c1S(=O)(=O)N1CCC[C@@H](C(=O)Nc2ccc(F)cc2)C1. The normalized spacial score (nSPS) is 18.7. The Morgan fingerprint density at radius 2 is 2.00 bits per heavy atom. The second-order valence-corrected chi connectivity index (χ2v) is 8.23. The van der Waals surface area contributed by atoms with Crippen LogP contribution in [-0.2, 0) is 14.8 Å². The largest absolute Gasteiger partial charge is 0.360 e. The summed E-state index contributed by atoms with van der Waals surface area (Å²) in [5, 5.41) is 6.41. The first kappa shape index (κ1) is 18.5. The molecule has 1 amide bonds. The lowest BCUT2D eigenvalue weighted by atomic mass is 9.99. The van der Waals surface area contributed by atoms with Gasteiger partial charge in [0.15, 0.2) is 5.76 Å². The number of halogens is 1. The molecule has 0 bridgehead atoms. The maximum atomic E-state index is 13.0. The predicted octanol–water partition coefficient (Wildman–Crippen LogP) is 2.47. The van der Waals surface area contributed by atoms with E-state index in [9.17, 15) is 17.6 Å². The number of nitrogens with one attached hydrogen (secondary N) is 1. The number of sulfonamides is 1. The maximum Gasteiger partial charge on any atom is 0.248 e. The topological polar surface area (TPSA) is 92.5 Å². The molecular formula is C17H20FN3O4S. The zero-order valence-corrected chi connectivity index (χ0v) is 15.3. The Morgan fingerprint density at radius 3 is 2.62 bits per heavy atom. The molecule has 3 rings (SSSR count). The van der Waals surface area contributed by atoms with E-state index in [0.29, 0.717) is 30.8 Å². The predicted molar refractivity (Wildman–Crippen MR) is 92.5 cm³/mol. The number of hydrogen-bond donors (Lipinski definition) is 1. The number of hydrogen-bond acceptors (Lipinski definition) is 5. The number of rotatable bonds is 4. The molecule has 1 N–H and O–H groups in total. The Hall–Kier alpha value is -2.26. The highest BCUT2D eigenvalue weighted by atomic mass is 32.2. The molecule has 0 spiro atoms. The van der Waals surface area contributed by atoms with E-state index in [1.807, 2.05) is 0 Å². The second kappa shape index (κ2) is 7.16. The van der Waals surface area contributed by atoms with Gasteiger partial charge in [-0.15, -0.1) is 0 Å². The van der Waals surface area contributed by atoms with E-state index in [2.05, 4.69) is 10.5 Å². The van der Waals surface area contributed by atoms with Crippen molar-refractivity contribution < 1.29 is 22.1 Å². The zero-order valence-electron chi connectivity index (χ0n) is 14.5. The van der Waals surface area contributed by atoms with E-state index < -0.39 is 21.8 Å². The lowest BCUT2D eigenvalue weighted by Gasteiger charge is -2.31. The number of piperidine rings is 1. The van der Waals surface area contributed by atoms with Crippen molar-refractivity contribution in [2.45, 2.75) is 31.6 Å². The van der Waals surface area contributed by atoms with Crippen LogP contribution in [0.5, 0.6) is 0 Å². The van der Waals surface area contributed by atoms with Crippen molar-refractivity contribution in [3.63, 3.8) is 0 Å². The molecule has 7 nitrogen and oxygen atoms in total. The smallest absolute Gasteiger partial charge is 0.248 e. The van der Waals surface area contributed by atoms with E-state index >= 15 is 0 Å². The van der Waals surface area contributed by atoms with Crippen molar-refractivity contribution in [1.82, 2.24) is 9.46 Å². The third kappa shape index (κ3) is 3.63. The molecule has 2 heterocycles. The van der Waals surface area contributed by atoms with Gasteiger partial charge in [0.25, 0.3) is 0 Å². The number of aromatic nitrogens is 1. The molecule has 0 aliphatic carbocycles. The molecule has 140 valence electrons. The monoisotopic (exact) mass is 381 g/mol. The highest BCUT2D eigenvalue weighted by Crippen LogP contribution is 2.28. The van der Waals surface area contributed by atoms with E-state index in [0.717, 1.165) is 0 Å². The molecule has 2 aromatic rings. The van der Waals surface area contributed by atoms with Gasteiger partial charge in [-0.3, -0.25) is 4.79 Å². The van der Waals surface area contributed by atoms with Crippen LogP contribution in [0, 0.1) is 25.6 Å². The summed E-state index contributed by atoms with van der Waals surface area (Å²) in [6, 6.07) is 5.44. The van der Waals surface area contributed by atoms with Gasteiger partial charge in [0.1, 0.15) is 16.4 Å². The number of aryl methyl sites for hydroxylation is 2. The van der Waals surface area contributed by atoms with E-state index in [4.69, 9.17) is 4.52 Å². The molecule has 1 aromatic heterocycles. The molecular weight excluding hydrogens is 361 g/mol. The van der Waals surface area contributed by atoms with Gasteiger partial charge in [0, 0.05) is 18.8 Å². The van der Waals surface area contributed by atoms with Crippen LogP contribution in [0.3, 0.4) is 0 Å². The first-order valence-electron chi connectivity index (χ1n) is 8.28. The minimum Gasteiger partial charge on any atom is -0.360 e. The lowest BCUT2D eigenvalue weighted by molar-refractivity contribution is -0.120. The van der Waals surface area contributed by atoms with Crippen LogP contribution in [0.2, 0.25) is 0 Å². The number of carbonyl (C=O) groups is 1. The minimum atomic E-state index is -3.78. The number of carbonyl (C=O) groups excluding carboxylic acids is 1. The van der Waals surface area contributed by atoms with Crippen LogP contribution in [0.1, 0.15) is 24.3 Å². The molecule has 9 heteroatoms. The number of nitrogens with zero attached hydrogens (tertiary/aromatic N) is 2. The molecule has 0 unspecified atom stereocenters. The van der Waals surface area contributed by atoms with Crippen molar-refractivity contribution in [2.75, 3.05) is 18.4 Å². The molecule has 1 aliphatic rings. The Morgan fingerprint density at radius 1 is 1.31 bits per heavy atom. The fourth-order valence-corrected chi connectivity index (χ4v) is 4.94. The Labute approximate surface area is 151 Å². The van der Waals surface area contributed by atoms with E-state index in [1.165, 1.54) is 28.6 Å². The summed E-state index contributed by atoms with van der Waals surface area (Å²) in [5.74, 6) is -0.919. The van der Waals surface area contributed by atoms with E-state index in [1.54, 1.807) is 13.8 Å². The summed E-state index contributed by atoms with van der Waals surface area (Å²) in [6.45, 7) is 3.55. The summed E-state index contributed by atoms with van der Waals surface area (Å²) >= 11 is 0. The molecule has 1 atom stereocenters. The summed E-state index contributed by atoms with van der Waals surface area (Å²) < 4.78 is 45.0. The minimum absolute atomic E-state index is 0.0668. The van der Waals surface area contributed by atoms with Gasteiger partial charge in [-0.1, -0.05) is 5.16 Å². The average molecular weight is 381 g/mol. The first-order valence-corrected chi connectivity index (χ1v) is 9.72. The van der Waals surface area contributed by atoms with Crippen molar-refractivity contribution in [2.24, 2.45) is 5.92 Å². The molecule has 1 aliphatic heterocycles. The van der Waals surface area contributed by atoms with Crippen LogP contribution in [-0.4, -0.2) is 36.9 Å². The first-order chi connectivity index (χ1) is 12.3. The summed E-state index contributed by atoms with van der Waals surface area (Å²) in [4.78, 5) is 12.6. The number of benzene rings is 1. The molecule has 0 radical (unpaired) electrons. The molecule has 1 saturated heterocycles. The zero-order chi connectivity index (χ0) is 18.9. The van der Waals surface area contributed by atoms with Crippen molar-refractivity contribution in [1.29, 1.82) is 0 Å². The fraction of sp³-hybridized carbons (Fsp3) is 0.412. The third-order valence-electron chi connectivity index (χ3n) is 4.43. The van der Waals surface area contributed by atoms with Crippen LogP contribution in [0.15, 0.2) is 33.7 Å². The van der Waals surface area contributed by atoms with Gasteiger partial charge in [-0.2, -0.15) is 4.31 Å². The Balaban J connectivity index is 1.74. The molecule has 1 fully saturated rings. The van der Waals surface area contributed by atoms with E-state index in [-0.39, 0.29) is 23.1 Å². The molecule has 1 aromatic carbocycles. The van der Waals surface area contributed by atoms with Crippen LogP contribution in [0.4, 0.5) is 10.1 Å². The van der Waals surface area contributed by atoms with Crippen molar-refractivity contribution in [3.8, 4) is 0 Å². The van der Waals surface area contributed by atoms with Crippen molar-refractivity contribution >= 4 is 21.6 Å². The molecule has 0 saturated carbocycles. The molecule has 26 heavy (non-hydrogen) atoms. The van der Waals surface area contributed by atoms with Crippen LogP contribution >= 0.6 is 0 Å². The Kier molecular flexibility index (Phi) is 5.10. The number of amides is 1. The van der Waals surface area contributed by atoms with Gasteiger partial charge in [0.2, 0.25) is 15.9 Å². The third-order valence-corrected chi connectivity index (χ3v) is 6.54. The van der Waals surface area contributed by atoms with Gasteiger partial charge in [-0.25, -0.2) is 12.8 Å². The van der Waals surface area contributed by atoms with Gasteiger partial charge < -0.3 is 9.84 Å². The summed E-state index contributed by atoms with van der Waals surface area (Å²) in [7, 11) is -3.78. The highest BCUT2D eigenvalue weighted by molar-refractivity contribution is 7.89. The number of anilines is 1. The fourth-order valence-electron chi connectivity index (χ4n) is 3.12. The Bertz CT molecular complexity index is 889. The summed E-state index contributed by atoms with van der Waals surface area (Å²) in [6.07, 6.45) is 1.16. The highest BCUT2D eigenvalue weighted by Gasteiger charge is 2.36. The standard InChI is InChI=1S/C17H20FN3O4S/c1-11-16(12(2)25-20-11)26(23,24)21-9-3-4-13(10-21)17(22)19-15-7-5-14(18)6-8-15/h5-8,13H,3-4,9-10H2,1-2H3,(H,19,22)/t13-/m1/s1. The average Bonchev–Trinajstić information content (AvgIpc) is 2.96. The second-order valence-electron chi connectivity index (χ2n) is 6.35. The van der Waals surface area contributed by atoms with Gasteiger partial charge in [0.05, 0.1) is 5.92 Å². The summed E-state index contributed by atoms with van der Waals surface area (Å²) in [5.41, 5.74) is 0.780. The van der Waals surface area contributed by atoms with Gasteiger partial charge in [-0.05, 0) is 51.0 Å². The van der Waals surface area contributed by atoms with Gasteiger partial charge >= 0.3 is 0 Å². The van der Waals surface area contributed by atoms with Crippen molar-refractivity contribution in [3.05, 3.63) is 41.5 Å². The van der Waals surface area contributed by atoms with Crippen LogP contribution < -0.4 is 5.32 Å². The quantitative estimate of drug-likeness (QED) is 0.878. The van der Waals surface area contributed by atoms with Crippen LogP contribution in [0.25, 0.3) is 0 Å².